The van der Waals surface area contributed by atoms with Gasteiger partial charge >= 0.3 is 0 Å². The fourth-order valence-electron chi connectivity index (χ4n) is 3.02. The molecule has 1 aliphatic heterocycles. The molecule has 3 rings (SSSR count). The van der Waals surface area contributed by atoms with Crippen molar-refractivity contribution in [3.05, 3.63) is 41.7 Å². The second-order valence-corrected chi connectivity index (χ2v) is 7.97. The molecule has 1 amide bonds. The number of amides is 1. The summed E-state index contributed by atoms with van der Waals surface area (Å²) in [4.78, 5) is 14.4. The zero-order valence-corrected chi connectivity index (χ0v) is 18.4. The van der Waals surface area contributed by atoms with Crippen LogP contribution in [0.3, 0.4) is 0 Å². The number of morpholine rings is 1. The lowest BCUT2D eigenvalue weighted by Crippen LogP contribution is -2.37. The number of hydrogen-bond acceptors (Lipinski definition) is 7. The van der Waals surface area contributed by atoms with Crippen LogP contribution in [0.5, 0.6) is 5.75 Å². The topological polar surface area (TPSA) is 81.5 Å². The molecule has 30 heavy (non-hydrogen) atoms. The van der Waals surface area contributed by atoms with E-state index in [0.717, 1.165) is 60.9 Å². The molecule has 2 aromatic rings. The summed E-state index contributed by atoms with van der Waals surface area (Å²) in [6.45, 7) is 5.16. The highest BCUT2D eigenvalue weighted by atomic mass is 32.2. The number of aromatic nitrogens is 3. The van der Waals surface area contributed by atoms with Crippen molar-refractivity contribution in [3.63, 3.8) is 0 Å². The molecule has 9 heteroatoms. The average Bonchev–Trinajstić information content (AvgIpc) is 3.13. The molecule has 1 aromatic heterocycles. The Hall–Kier alpha value is -2.36. The van der Waals surface area contributed by atoms with Crippen LogP contribution in [0.4, 0.5) is 0 Å². The number of methoxy groups -OCH3 is 1. The lowest BCUT2D eigenvalue weighted by Gasteiger charge is -2.26. The lowest BCUT2D eigenvalue weighted by molar-refractivity contribution is -0.116. The van der Waals surface area contributed by atoms with Crippen LogP contribution in [-0.4, -0.2) is 77.8 Å². The van der Waals surface area contributed by atoms with Gasteiger partial charge in [0.2, 0.25) is 5.91 Å². The van der Waals surface area contributed by atoms with Crippen molar-refractivity contribution in [1.29, 1.82) is 0 Å². The molecule has 0 unspecified atom stereocenters. The maximum Gasteiger partial charge on any atom is 0.244 e. The van der Waals surface area contributed by atoms with Crippen LogP contribution in [0, 0.1) is 0 Å². The van der Waals surface area contributed by atoms with Crippen molar-refractivity contribution in [2.24, 2.45) is 7.05 Å². The van der Waals surface area contributed by atoms with E-state index in [1.165, 1.54) is 6.08 Å². The van der Waals surface area contributed by atoms with Crippen molar-refractivity contribution in [1.82, 2.24) is 25.0 Å². The number of nitrogens with zero attached hydrogens (tertiary/aromatic N) is 4. The minimum absolute atomic E-state index is 0.131. The van der Waals surface area contributed by atoms with Crippen LogP contribution in [0.1, 0.15) is 11.4 Å². The van der Waals surface area contributed by atoms with Gasteiger partial charge in [0.25, 0.3) is 0 Å². The molecule has 2 heterocycles. The van der Waals surface area contributed by atoms with Gasteiger partial charge in [-0.2, -0.15) is 0 Å². The van der Waals surface area contributed by atoms with Crippen LogP contribution in [-0.2, 0) is 23.0 Å². The van der Waals surface area contributed by atoms with E-state index in [1.54, 1.807) is 24.9 Å². The Morgan fingerprint density at radius 2 is 2.03 bits per heavy atom. The monoisotopic (exact) mass is 431 g/mol. The van der Waals surface area contributed by atoms with E-state index in [0.29, 0.717) is 13.0 Å². The summed E-state index contributed by atoms with van der Waals surface area (Å²) in [6, 6.07) is 7.53. The highest BCUT2D eigenvalue weighted by molar-refractivity contribution is 7.99. The summed E-state index contributed by atoms with van der Waals surface area (Å²) in [5, 5.41) is 12.3. The Kier molecular flexibility index (Phi) is 8.73. The second-order valence-electron chi connectivity index (χ2n) is 6.91. The number of nitrogens with one attached hydrogen (secondary N) is 1. The van der Waals surface area contributed by atoms with Crippen molar-refractivity contribution in [2.75, 3.05) is 52.3 Å². The summed E-state index contributed by atoms with van der Waals surface area (Å²) < 4.78 is 12.5. The Morgan fingerprint density at radius 1 is 1.27 bits per heavy atom. The first-order valence-corrected chi connectivity index (χ1v) is 11.1. The smallest absolute Gasteiger partial charge is 0.244 e. The van der Waals surface area contributed by atoms with Gasteiger partial charge in [-0.3, -0.25) is 9.69 Å². The zero-order chi connectivity index (χ0) is 21.2. The summed E-state index contributed by atoms with van der Waals surface area (Å²) in [5.74, 6) is 2.49. The average molecular weight is 432 g/mol. The molecule has 1 aliphatic rings. The summed E-state index contributed by atoms with van der Waals surface area (Å²) in [6.07, 6.45) is 3.95. The van der Waals surface area contributed by atoms with Gasteiger partial charge in [0.15, 0.2) is 5.16 Å². The Balaban J connectivity index is 1.37. The van der Waals surface area contributed by atoms with E-state index in [9.17, 15) is 4.79 Å². The fraction of sp³-hybridized carbons (Fsp3) is 0.476. The lowest BCUT2D eigenvalue weighted by atomic mass is 10.2. The fourth-order valence-corrected chi connectivity index (χ4v) is 3.95. The van der Waals surface area contributed by atoms with Crippen LogP contribution >= 0.6 is 11.8 Å². The molecule has 0 spiro atoms. The van der Waals surface area contributed by atoms with Gasteiger partial charge in [0, 0.05) is 51.5 Å². The van der Waals surface area contributed by atoms with Gasteiger partial charge < -0.3 is 19.4 Å². The van der Waals surface area contributed by atoms with Crippen LogP contribution in [0.15, 0.2) is 35.5 Å². The summed E-state index contributed by atoms with van der Waals surface area (Å²) in [7, 11) is 3.60. The minimum Gasteiger partial charge on any atom is -0.497 e. The van der Waals surface area contributed by atoms with E-state index in [1.807, 2.05) is 35.9 Å². The quantitative estimate of drug-likeness (QED) is 0.452. The third-order valence-electron chi connectivity index (χ3n) is 4.86. The van der Waals surface area contributed by atoms with Gasteiger partial charge in [-0.1, -0.05) is 23.9 Å². The predicted octanol–water partition coefficient (Wildman–Crippen LogP) is 1.62. The maximum absolute atomic E-state index is 12.0. The van der Waals surface area contributed by atoms with Gasteiger partial charge in [0.1, 0.15) is 11.6 Å². The number of ether oxygens (including phenoxy) is 2. The van der Waals surface area contributed by atoms with Crippen molar-refractivity contribution in [2.45, 2.75) is 11.6 Å². The zero-order valence-electron chi connectivity index (χ0n) is 17.5. The van der Waals surface area contributed by atoms with E-state index < -0.39 is 0 Å². The first-order valence-electron chi connectivity index (χ1n) is 10.1. The van der Waals surface area contributed by atoms with E-state index >= 15 is 0 Å². The standard InChI is InChI=1S/C21H29N5O3S/c1-25-19(23-24-21(25)30-16-13-26-11-14-29-15-12-26)9-10-22-20(27)8-5-17-3-6-18(28-2)7-4-17/h3-8H,9-16H2,1-2H3,(H,22,27). The molecule has 1 N–H and O–H groups in total. The minimum atomic E-state index is -0.131. The number of hydrogen-bond donors (Lipinski definition) is 1. The molecule has 162 valence electrons. The summed E-state index contributed by atoms with van der Waals surface area (Å²) in [5.41, 5.74) is 0.943. The van der Waals surface area contributed by atoms with E-state index in [2.05, 4.69) is 20.4 Å². The van der Waals surface area contributed by atoms with Crippen LogP contribution < -0.4 is 10.1 Å². The normalized spacial score (nSPS) is 14.9. The number of thioether (sulfide) groups is 1. The molecule has 0 radical (unpaired) electrons. The van der Waals surface area contributed by atoms with E-state index in [4.69, 9.17) is 9.47 Å². The number of benzene rings is 1. The SMILES string of the molecule is COc1ccc(C=CC(=O)NCCc2nnc(SCCN3CCOCC3)n2C)cc1. The molecule has 0 atom stereocenters. The Labute approximate surface area is 181 Å². The second kappa shape index (κ2) is 11.7. The summed E-state index contributed by atoms with van der Waals surface area (Å²) >= 11 is 1.71. The molecular formula is C21H29N5O3S. The number of carbonyl (C=O) groups is 1. The molecule has 0 saturated carbocycles. The van der Waals surface area contributed by atoms with Gasteiger partial charge in [-0.25, -0.2) is 0 Å². The highest BCUT2D eigenvalue weighted by Gasteiger charge is 2.12. The van der Waals surface area contributed by atoms with Crippen LogP contribution in [0.2, 0.25) is 0 Å². The maximum atomic E-state index is 12.0. The highest BCUT2D eigenvalue weighted by Crippen LogP contribution is 2.16. The Morgan fingerprint density at radius 3 is 2.77 bits per heavy atom. The molecule has 0 aliphatic carbocycles. The molecular weight excluding hydrogens is 402 g/mol. The van der Waals surface area contributed by atoms with Gasteiger partial charge in [-0.15, -0.1) is 10.2 Å². The first-order chi connectivity index (χ1) is 14.7. The number of rotatable bonds is 10. The van der Waals surface area contributed by atoms with E-state index in [-0.39, 0.29) is 5.91 Å². The van der Waals surface area contributed by atoms with Crippen LogP contribution in [0.25, 0.3) is 6.08 Å². The van der Waals surface area contributed by atoms with Crippen molar-refractivity contribution < 1.29 is 14.3 Å². The van der Waals surface area contributed by atoms with Gasteiger partial charge in [0.05, 0.1) is 20.3 Å². The Bertz CT molecular complexity index is 832. The third-order valence-corrected chi connectivity index (χ3v) is 5.86. The molecule has 8 nitrogen and oxygen atoms in total. The largest absolute Gasteiger partial charge is 0.497 e. The molecule has 0 bridgehead atoms. The molecule has 1 fully saturated rings. The molecule has 1 saturated heterocycles. The van der Waals surface area contributed by atoms with Gasteiger partial charge in [-0.05, 0) is 23.8 Å². The molecule has 1 aromatic carbocycles. The first kappa shape index (κ1) is 22.3. The number of carbonyl (C=O) groups excluding carboxylic acids is 1. The van der Waals surface area contributed by atoms with Crippen molar-refractivity contribution >= 4 is 23.7 Å². The predicted molar refractivity (Wildman–Crippen MR) is 118 cm³/mol. The van der Waals surface area contributed by atoms with Crippen molar-refractivity contribution in [3.8, 4) is 5.75 Å². The third kappa shape index (κ3) is 6.86.